The Morgan fingerprint density at radius 3 is 2.93 bits per heavy atom. The zero-order valence-electron chi connectivity index (χ0n) is 9.10. The van der Waals surface area contributed by atoms with Crippen molar-refractivity contribution < 1.29 is 0 Å². The third kappa shape index (κ3) is 3.28. The summed E-state index contributed by atoms with van der Waals surface area (Å²) in [6, 6.07) is 2.22. The van der Waals surface area contributed by atoms with Crippen molar-refractivity contribution in [2.24, 2.45) is 0 Å². The average Bonchev–Trinajstić information content (AvgIpc) is 2.65. The fourth-order valence-electron chi connectivity index (χ4n) is 1.31. The molecule has 0 unspecified atom stereocenters. The van der Waals surface area contributed by atoms with E-state index >= 15 is 0 Å². The lowest BCUT2D eigenvalue weighted by Gasteiger charge is -2.05. The van der Waals surface area contributed by atoms with E-state index in [0.717, 1.165) is 25.9 Å². The Bertz CT molecular complexity index is 288. The minimum absolute atomic E-state index is 0.942. The Morgan fingerprint density at radius 1 is 1.50 bits per heavy atom. The van der Waals surface area contributed by atoms with E-state index < -0.39 is 0 Å². The molecule has 0 spiro atoms. The van der Waals surface area contributed by atoms with Crippen LogP contribution < -0.4 is 5.32 Å². The molecule has 0 aliphatic carbocycles. The van der Waals surface area contributed by atoms with Crippen LogP contribution in [0.25, 0.3) is 0 Å². The first kappa shape index (κ1) is 11.5. The van der Waals surface area contributed by atoms with Crippen LogP contribution in [-0.4, -0.2) is 6.54 Å². The van der Waals surface area contributed by atoms with E-state index in [1.807, 2.05) is 11.3 Å². The predicted octanol–water partition coefficient (Wildman–Crippen LogP) is 3.37. The van der Waals surface area contributed by atoms with Crippen LogP contribution in [0.5, 0.6) is 0 Å². The summed E-state index contributed by atoms with van der Waals surface area (Å²) in [6.07, 6.45) is 2.20. The van der Waals surface area contributed by atoms with Gasteiger partial charge >= 0.3 is 0 Å². The van der Waals surface area contributed by atoms with Gasteiger partial charge in [0.05, 0.1) is 0 Å². The van der Waals surface area contributed by atoms with Crippen molar-refractivity contribution in [3.05, 3.63) is 34.0 Å². The molecule has 2 heteroatoms. The van der Waals surface area contributed by atoms with Gasteiger partial charge in [-0.25, -0.2) is 0 Å². The summed E-state index contributed by atoms with van der Waals surface area (Å²) >= 11 is 1.84. The first-order valence-electron chi connectivity index (χ1n) is 5.20. The van der Waals surface area contributed by atoms with E-state index in [1.165, 1.54) is 16.0 Å². The van der Waals surface area contributed by atoms with E-state index in [4.69, 9.17) is 0 Å². The lowest BCUT2D eigenvalue weighted by atomic mass is 10.2. The second-order valence-electron chi connectivity index (χ2n) is 3.43. The number of nitrogens with one attached hydrogen (secondary N) is 1. The van der Waals surface area contributed by atoms with Crippen LogP contribution in [0.4, 0.5) is 0 Å². The van der Waals surface area contributed by atoms with Crippen molar-refractivity contribution in [2.45, 2.75) is 33.2 Å². The molecule has 1 aromatic rings. The van der Waals surface area contributed by atoms with Gasteiger partial charge in [0, 0.05) is 18.0 Å². The van der Waals surface area contributed by atoms with E-state index in [-0.39, 0.29) is 0 Å². The molecule has 0 fully saturated rings. The van der Waals surface area contributed by atoms with E-state index in [2.05, 4.69) is 37.2 Å². The van der Waals surface area contributed by atoms with Gasteiger partial charge in [0.25, 0.3) is 0 Å². The van der Waals surface area contributed by atoms with Crippen molar-refractivity contribution in [1.29, 1.82) is 0 Å². The SMILES string of the molecule is C=C(CC)CNCc1sccc1CC. The van der Waals surface area contributed by atoms with Crippen molar-refractivity contribution in [2.75, 3.05) is 6.54 Å². The first-order valence-corrected chi connectivity index (χ1v) is 6.08. The fraction of sp³-hybridized carbons (Fsp3) is 0.500. The van der Waals surface area contributed by atoms with E-state index in [9.17, 15) is 0 Å². The molecule has 0 saturated carbocycles. The van der Waals surface area contributed by atoms with Crippen LogP contribution in [0.3, 0.4) is 0 Å². The standard InChI is InChI=1S/C12H19NS/c1-4-10(3)8-13-9-12-11(5-2)6-7-14-12/h6-7,13H,3-5,8-9H2,1-2H3. The maximum absolute atomic E-state index is 3.98. The topological polar surface area (TPSA) is 12.0 Å². The highest BCUT2D eigenvalue weighted by Crippen LogP contribution is 2.16. The molecule has 0 atom stereocenters. The number of thiophene rings is 1. The van der Waals surface area contributed by atoms with Gasteiger partial charge in [-0.1, -0.05) is 26.0 Å². The van der Waals surface area contributed by atoms with Gasteiger partial charge in [-0.15, -0.1) is 11.3 Å². The van der Waals surface area contributed by atoms with Crippen molar-refractivity contribution in [3.63, 3.8) is 0 Å². The Morgan fingerprint density at radius 2 is 2.29 bits per heavy atom. The summed E-state index contributed by atoms with van der Waals surface area (Å²) in [5.41, 5.74) is 2.75. The fourth-order valence-corrected chi connectivity index (χ4v) is 2.26. The molecule has 0 aliphatic rings. The quantitative estimate of drug-likeness (QED) is 0.708. The number of hydrogen-bond donors (Lipinski definition) is 1. The first-order chi connectivity index (χ1) is 6.77. The second kappa shape index (κ2) is 5.99. The molecule has 1 nitrogen and oxygen atoms in total. The largest absolute Gasteiger partial charge is 0.308 e. The van der Waals surface area contributed by atoms with Gasteiger partial charge in [-0.3, -0.25) is 0 Å². The Kier molecular flexibility index (Phi) is 4.91. The van der Waals surface area contributed by atoms with Crippen molar-refractivity contribution >= 4 is 11.3 Å². The molecule has 1 heterocycles. The van der Waals surface area contributed by atoms with E-state index in [0.29, 0.717) is 0 Å². The molecule has 14 heavy (non-hydrogen) atoms. The van der Waals surface area contributed by atoms with Gasteiger partial charge in [0.1, 0.15) is 0 Å². The van der Waals surface area contributed by atoms with Gasteiger partial charge in [0.2, 0.25) is 0 Å². The molecule has 1 N–H and O–H groups in total. The zero-order chi connectivity index (χ0) is 10.4. The molecular weight excluding hydrogens is 190 g/mol. The highest BCUT2D eigenvalue weighted by molar-refractivity contribution is 7.10. The van der Waals surface area contributed by atoms with Gasteiger partial charge < -0.3 is 5.32 Å². The van der Waals surface area contributed by atoms with Crippen LogP contribution in [0.2, 0.25) is 0 Å². The highest BCUT2D eigenvalue weighted by atomic mass is 32.1. The zero-order valence-corrected chi connectivity index (χ0v) is 9.91. The predicted molar refractivity (Wildman–Crippen MR) is 64.8 cm³/mol. The monoisotopic (exact) mass is 209 g/mol. The molecule has 0 amide bonds. The van der Waals surface area contributed by atoms with Crippen LogP contribution in [0, 0.1) is 0 Å². The summed E-state index contributed by atoms with van der Waals surface area (Å²) in [5.74, 6) is 0. The minimum Gasteiger partial charge on any atom is -0.308 e. The third-order valence-corrected chi connectivity index (χ3v) is 3.34. The molecule has 78 valence electrons. The second-order valence-corrected chi connectivity index (χ2v) is 4.43. The van der Waals surface area contributed by atoms with Crippen LogP contribution >= 0.6 is 11.3 Å². The summed E-state index contributed by atoms with van der Waals surface area (Å²) in [7, 11) is 0. The number of rotatable bonds is 6. The van der Waals surface area contributed by atoms with Crippen LogP contribution in [0.15, 0.2) is 23.6 Å². The normalized spacial score (nSPS) is 10.4. The Labute approximate surface area is 90.9 Å². The molecule has 1 rings (SSSR count). The van der Waals surface area contributed by atoms with Gasteiger partial charge in [0.15, 0.2) is 0 Å². The molecular formula is C12H19NS. The number of hydrogen-bond acceptors (Lipinski definition) is 2. The Balaban J connectivity index is 2.34. The summed E-state index contributed by atoms with van der Waals surface area (Å²) in [6.45, 7) is 10.3. The molecule has 0 radical (unpaired) electrons. The summed E-state index contributed by atoms with van der Waals surface area (Å²) in [4.78, 5) is 1.47. The van der Waals surface area contributed by atoms with Crippen molar-refractivity contribution in [1.82, 2.24) is 5.32 Å². The smallest absolute Gasteiger partial charge is 0.0305 e. The van der Waals surface area contributed by atoms with E-state index in [1.54, 1.807) is 0 Å². The summed E-state index contributed by atoms with van der Waals surface area (Å²) < 4.78 is 0. The number of aryl methyl sites for hydroxylation is 1. The highest BCUT2D eigenvalue weighted by Gasteiger charge is 2.01. The molecule has 0 aromatic carbocycles. The molecule has 1 aromatic heterocycles. The Hall–Kier alpha value is -0.600. The molecule has 0 saturated heterocycles. The molecule has 0 bridgehead atoms. The van der Waals surface area contributed by atoms with Gasteiger partial charge in [-0.2, -0.15) is 0 Å². The maximum atomic E-state index is 3.98. The summed E-state index contributed by atoms with van der Waals surface area (Å²) in [5, 5.41) is 5.60. The van der Waals surface area contributed by atoms with Crippen LogP contribution in [-0.2, 0) is 13.0 Å². The lowest BCUT2D eigenvalue weighted by Crippen LogP contribution is -2.15. The van der Waals surface area contributed by atoms with Gasteiger partial charge in [-0.05, 0) is 29.9 Å². The van der Waals surface area contributed by atoms with Crippen molar-refractivity contribution in [3.8, 4) is 0 Å². The van der Waals surface area contributed by atoms with Crippen LogP contribution in [0.1, 0.15) is 30.7 Å². The molecule has 0 aliphatic heterocycles. The third-order valence-electron chi connectivity index (χ3n) is 2.38. The average molecular weight is 209 g/mol. The lowest BCUT2D eigenvalue weighted by molar-refractivity contribution is 0.731. The minimum atomic E-state index is 0.942. The maximum Gasteiger partial charge on any atom is 0.0305 e.